The van der Waals surface area contributed by atoms with Crippen LogP contribution in [0.1, 0.15) is 56.8 Å². The number of carbonyl (C=O) groups excluding carboxylic acids is 2. The van der Waals surface area contributed by atoms with E-state index in [9.17, 15) is 31.2 Å². The van der Waals surface area contributed by atoms with Crippen molar-refractivity contribution in [1.82, 2.24) is 10.3 Å². The number of nitrogens with one attached hydrogen (secondary N) is 2. The molecule has 4 aromatic carbocycles. The molecule has 0 spiro atoms. The van der Waals surface area contributed by atoms with Gasteiger partial charge in [-0.3, -0.25) is 18.8 Å². The number of aromatic nitrogens is 1. The van der Waals surface area contributed by atoms with Gasteiger partial charge in [-0.1, -0.05) is 42.0 Å². The van der Waals surface area contributed by atoms with E-state index in [0.717, 1.165) is 42.0 Å². The van der Waals surface area contributed by atoms with Crippen molar-refractivity contribution in [3.05, 3.63) is 143 Å². The van der Waals surface area contributed by atoms with Crippen LogP contribution in [-0.4, -0.2) is 64.7 Å². The zero-order chi connectivity index (χ0) is 41.7. The standard InChI is InChI=1S/C43H45F3N4O7S/c1-4-50(5-2)36-14-17-39(38(27-36)40-26-34(18-19-47-40)41(51)48-28-31-8-7-11-35(25-31)43(44,45)46)49-42(52)33-10-6-9-32(24-33)29-56-21-20-55-22-23-57-58(53,54)37-15-12-30(3)13-16-37/h6-19,24-27H,4-5,20-23,28-29H2,1-3H3,(H,48,51)(H,49,52). The zero-order valence-corrected chi connectivity index (χ0v) is 33.2. The molecule has 0 saturated carbocycles. The molecule has 11 nitrogen and oxygen atoms in total. The molecule has 1 heterocycles. The summed E-state index contributed by atoms with van der Waals surface area (Å²) in [6.07, 6.45) is -3.04. The van der Waals surface area contributed by atoms with Gasteiger partial charge in [-0.15, -0.1) is 0 Å². The monoisotopic (exact) mass is 818 g/mol. The van der Waals surface area contributed by atoms with Gasteiger partial charge in [0.05, 0.1) is 54.9 Å². The molecule has 0 aliphatic rings. The second-order valence-electron chi connectivity index (χ2n) is 13.1. The molecule has 0 aliphatic heterocycles. The topological polar surface area (TPSA) is 136 Å². The van der Waals surface area contributed by atoms with Crippen LogP contribution in [0.3, 0.4) is 0 Å². The van der Waals surface area contributed by atoms with Crippen LogP contribution in [0.25, 0.3) is 11.3 Å². The van der Waals surface area contributed by atoms with Gasteiger partial charge in [0.1, 0.15) is 0 Å². The lowest BCUT2D eigenvalue weighted by Gasteiger charge is -2.23. The van der Waals surface area contributed by atoms with Crippen LogP contribution in [0.4, 0.5) is 24.5 Å². The van der Waals surface area contributed by atoms with Gasteiger partial charge in [0.15, 0.2) is 0 Å². The van der Waals surface area contributed by atoms with Crippen LogP contribution in [0, 0.1) is 6.92 Å². The van der Waals surface area contributed by atoms with E-state index >= 15 is 0 Å². The maximum atomic E-state index is 13.6. The summed E-state index contributed by atoms with van der Waals surface area (Å²) in [5.41, 5.74) is 4.07. The van der Waals surface area contributed by atoms with E-state index < -0.39 is 33.7 Å². The minimum Gasteiger partial charge on any atom is -0.377 e. The smallest absolute Gasteiger partial charge is 0.377 e. The van der Waals surface area contributed by atoms with Gasteiger partial charge in [0, 0.05) is 48.2 Å². The van der Waals surface area contributed by atoms with Crippen molar-refractivity contribution in [1.29, 1.82) is 0 Å². The number of alkyl halides is 3. The van der Waals surface area contributed by atoms with Crippen LogP contribution < -0.4 is 15.5 Å². The lowest BCUT2D eigenvalue weighted by molar-refractivity contribution is -0.137. The first-order valence-electron chi connectivity index (χ1n) is 18.6. The summed E-state index contributed by atoms with van der Waals surface area (Å²) in [4.78, 5) is 33.5. The Morgan fingerprint density at radius 3 is 2.19 bits per heavy atom. The third-order valence-electron chi connectivity index (χ3n) is 8.99. The molecule has 0 atom stereocenters. The SMILES string of the molecule is CCN(CC)c1ccc(NC(=O)c2cccc(COCCOCCOS(=O)(=O)c3ccc(C)cc3)c2)c(-c2cc(C(=O)NCc3cccc(C(F)(F)F)c3)ccn2)c1. The van der Waals surface area contributed by atoms with E-state index in [1.165, 1.54) is 36.5 Å². The van der Waals surface area contributed by atoms with Gasteiger partial charge in [-0.05, 0) is 98.6 Å². The van der Waals surface area contributed by atoms with E-state index in [2.05, 4.69) is 20.5 Å². The fraction of sp³-hybridized carbons (Fsp3) is 0.279. The van der Waals surface area contributed by atoms with E-state index in [-0.39, 0.29) is 50.0 Å². The van der Waals surface area contributed by atoms with Crippen molar-refractivity contribution in [2.45, 2.75) is 45.0 Å². The first kappa shape index (κ1) is 43.5. The van der Waals surface area contributed by atoms with E-state index in [1.54, 1.807) is 42.5 Å². The Kier molecular flexibility index (Phi) is 15.1. The summed E-state index contributed by atoms with van der Waals surface area (Å²) < 4.78 is 80.4. The average molecular weight is 819 g/mol. The van der Waals surface area contributed by atoms with Gasteiger partial charge in [-0.25, -0.2) is 0 Å². The average Bonchev–Trinajstić information content (AvgIpc) is 3.22. The molecule has 0 aliphatic carbocycles. The highest BCUT2D eigenvalue weighted by molar-refractivity contribution is 7.86. The number of carbonyl (C=O) groups is 2. The fourth-order valence-electron chi connectivity index (χ4n) is 5.88. The molecule has 0 saturated heterocycles. The molecule has 306 valence electrons. The van der Waals surface area contributed by atoms with Crippen LogP contribution in [0.15, 0.2) is 114 Å². The maximum absolute atomic E-state index is 13.6. The normalized spacial score (nSPS) is 11.6. The highest BCUT2D eigenvalue weighted by atomic mass is 32.2. The lowest BCUT2D eigenvalue weighted by Crippen LogP contribution is -2.23. The Hall–Kier alpha value is -5.61. The molecular formula is C43H45F3N4O7S. The second kappa shape index (κ2) is 20.2. The molecule has 0 radical (unpaired) electrons. The quantitative estimate of drug-likeness (QED) is 0.0627. The number of benzene rings is 4. The lowest BCUT2D eigenvalue weighted by atomic mass is 10.0. The van der Waals surface area contributed by atoms with Gasteiger partial charge < -0.3 is 25.0 Å². The number of amides is 2. The molecule has 1 aromatic heterocycles. The molecule has 2 N–H and O–H groups in total. The molecule has 0 bridgehead atoms. The number of anilines is 2. The molecule has 0 fully saturated rings. The van der Waals surface area contributed by atoms with Gasteiger partial charge in [0.2, 0.25) is 0 Å². The highest BCUT2D eigenvalue weighted by Crippen LogP contribution is 2.33. The number of rotatable bonds is 19. The first-order valence-corrected chi connectivity index (χ1v) is 20.0. The van der Waals surface area contributed by atoms with Gasteiger partial charge >= 0.3 is 6.18 Å². The molecular weight excluding hydrogens is 774 g/mol. The molecule has 5 aromatic rings. The van der Waals surface area contributed by atoms with Crippen LogP contribution in [-0.2, 0) is 43.1 Å². The summed E-state index contributed by atoms with van der Waals surface area (Å²) in [5.74, 6) is -0.895. The maximum Gasteiger partial charge on any atom is 0.416 e. The Bertz CT molecular complexity index is 2280. The van der Waals surface area contributed by atoms with Gasteiger partial charge in [-0.2, -0.15) is 21.6 Å². The third kappa shape index (κ3) is 12.2. The summed E-state index contributed by atoms with van der Waals surface area (Å²) in [6.45, 7) is 7.77. The summed E-state index contributed by atoms with van der Waals surface area (Å²) in [5, 5.41) is 5.66. The predicted octanol–water partition coefficient (Wildman–Crippen LogP) is 8.04. The van der Waals surface area contributed by atoms with Crippen LogP contribution >= 0.6 is 0 Å². The Balaban J connectivity index is 1.20. The number of aryl methyl sites for hydroxylation is 1. The minimum absolute atomic E-state index is 0.0539. The van der Waals surface area contributed by atoms with E-state index in [0.29, 0.717) is 28.1 Å². The van der Waals surface area contributed by atoms with Crippen LogP contribution in [0.5, 0.6) is 0 Å². The minimum atomic E-state index is -4.50. The summed E-state index contributed by atoms with van der Waals surface area (Å²) in [6, 6.07) is 26.7. The molecule has 58 heavy (non-hydrogen) atoms. The van der Waals surface area contributed by atoms with Crippen molar-refractivity contribution in [2.75, 3.05) is 49.7 Å². The van der Waals surface area contributed by atoms with Crippen molar-refractivity contribution in [2.24, 2.45) is 0 Å². The number of halogens is 3. The third-order valence-corrected chi connectivity index (χ3v) is 10.3. The number of hydrogen-bond donors (Lipinski definition) is 2. The Labute approximate surface area is 336 Å². The number of hydrogen-bond acceptors (Lipinski definition) is 9. The van der Waals surface area contributed by atoms with E-state index in [1.807, 2.05) is 39.0 Å². The fourth-order valence-corrected chi connectivity index (χ4v) is 6.78. The number of ether oxygens (including phenoxy) is 2. The van der Waals surface area contributed by atoms with Crippen molar-refractivity contribution in [3.63, 3.8) is 0 Å². The summed E-state index contributed by atoms with van der Waals surface area (Å²) in [7, 11) is -3.87. The van der Waals surface area contributed by atoms with Crippen molar-refractivity contribution < 1.29 is 44.8 Å². The summed E-state index contributed by atoms with van der Waals surface area (Å²) >= 11 is 0. The molecule has 2 amide bonds. The molecule has 5 rings (SSSR count). The Morgan fingerprint density at radius 2 is 1.45 bits per heavy atom. The number of nitrogens with zero attached hydrogens (tertiary/aromatic N) is 2. The zero-order valence-electron chi connectivity index (χ0n) is 32.3. The number of pyridine rings is 1. The van der Waals surface area contributed by atoms with Gasteiger partial charge in [0.25, 0.3) is 21.9 Å². The van der Waals surface area contributed by atoms with Crippen molar-refractivity contribution >= 4 is 33.3 Å². The predicted molar refractivity (Wildman–Crippen MR) is 215 cm³/mol. The Morgan fingerprint density at radius 1 is 0.759 bits per heavy atom. The molecule has 15 heteroatoms. The highest BCUT2D eigenvalue weighted by Gasteiger charge is 2.30. The second-order valence-corrected chi connectivity index (χ2v) is 14.7. The largest absolute Gasteiger partial charge is 0.416 e. The van der Waals surface area contributed by atoms with E-state index in [4.69, 9.17) is 13.7 Å². The van der Waals surface area contributed by atoms with Crippen LogP contribution in [0.2, 0.25) is 0 Å². The first-order chi connectivity index (χ1) is 27.8. The van der Waals surface area contributed by atoms with Crippen molar-refractivity contribution in [3.8, 4) is 11.3 Å². The molecule has 0 unspecified atom stereocenters.